The van der Waals surface area contributed by atoms with Crippen molar-refractivity contribution in [3.63, 3.8) is 0 Å². The Bertz CT molecular complexity index is 259. The number of nitrogens with one attached hydrogen (secondary N) is 1. The molecular formula is C11H19NO3. The van der Waals surface area contributed by atoms with Crippen LogP contribution in [0.15, 0.2) is 0 Å². The van der Waals surface area contributed by atoms with Gasteiger partial charge in [0.2, 0.25) is 0 Å². The van der Waals surface area contributed by atoms with E-state index in [9.17, 15) is 4.79 Å². The van der Waals surface area contributed by atoms with Crippen molar-refractivity contribution in [2.24, 2.45) is 11.3 Å². The van der Waals surface area contributed by atoms with E-state index in [1.807, 2.05) is 20.8 Å². The highest BCUT2D eigenvalue weighted by atomic mass is 16.6. The van der Waals surface area contributed by atoms with Gasteiger partial charge in [0.1, 0.15) is 11.0 Å². The van der Waals surface area contributed by atoms with Crippen LogP contribution in [-0.2, 0) is 14.3 Å². The second-order valence-corrected chi connectivity index (χ2v) is 5.50. The van der Waals surface area contributed by atoms with Gasteiger partial charge >= 0.3 is 5.97 Å². The Morgan fingerprint density at radius 1 is 1.53 bits per heavy atom. The highest BCUT2D eigenvalue weighted by Crippen LogP contribution is 2.39. The first-order valence-electron chi connectivity index (χ1n) is 5.46. The van der Waals surface area contributed by atoms with E-state index in [4.69, 9.17) is 9.47 Å². The average molecular weight is 213 g/mol. The molecule has 4 nitrogen and oxygen atoms in total. The van der Waals surface area contributed by atoms with Gasteiger partial charge in [-0.1, -0.05) is 0 Å². The van der Waals surface area contributed by atoms with Crippen LogP contribution in [0.25, 0.3) is 0 Å². The van der Waals surface area contributed by atoms with Crippen LogP contribution in [0.2, 0.25) is 0 Å². The summed E-state index contributed by atoms with van der Waals surface area (Å²) in [5.74, 6) is 0.176. The van der Waals surface area contributed by atoms with Crippen molar-refractivity contribution < 1.29 is 14.3 Å². The molecule has 86 valence electrons. The van der Waals surface area contributed by atoms with Gasteiger partial charge in [-0.15, -0.1) is 0 Å². The van der Waals surface area contributed by atoms with E-state index in [0.29, 0.717) is 19.8 Å². The van der Waals surface area contributed by atoms with Gasteiger partial charge in [0.15, 0.2) is 0 Å². The van der Waals surface area contributed by atoms with Crippen LogP contribution in [0.4, 0.5) is 0 Å². The summed E-state index contributed by atoms with van der Waals surface area (Å²) in [6.45, 7) is 8.41. The summed E-state index contributed by atoms with van der Waals surface area (Å²) in [6, 6.07) is 0. The topological polar surface area (TPSA) is 47.6 Å². The number of esters is 1. The van der Waals surface area contributed by atoms with Gasteiger partial charge in [0.25, 0.3) is 0 Å². The van der Waals surface area contributed by atoms with Gasteiger partial charge in [0, 0.05) is 19.0 Å². The van der Waals surface area contributed by atoms with Gasteiger partial charge in [-0.3, -0.25) is 4.79 Å². The van der Waals surface area contributed by atoms with E-state index in [1.54, 1.807) is 0 Å². The van der Waals surface area contributed by atoms with E-state index in [-0.39, 0.29) is 11.9 Å². The molecule has 0 aromatic rings. The molecule has 2 fully saturated rings. The minimum Gasteiger partial charge on any atom is -0.459 e. The molecule has 0 aromatic heterocycles. The van der Waals surface area contributed by atoms with Crippen molar-refractivity contribution in [2.45, 2.75) is 26.4 Å². The molecule has 2 heterocycles. The van der Waals surface area contributed by atoms with E-state index >= 15 is 0 Å². The third-order valence-corrected chi connectivity index (χ3v) is 3.10. The highest BCUT2D eigenvalue weighted by molar-refractivity contribution is 5.79. The smallest absolute Gasteiger partial charge is 0.316 e. The standard InChI is InChI=1S/C11H19NO3/c1-10(2,3)15-9(13)11-6-12-4-8(11)5-14-7-11/h8,12H,4-7H2,1-3H3/t8-,11-/m0/s1. The van der Waals surface area contributed by atoms with Gasteiger partial charge in [-0.05, 0) is 20.8 Å². The van der Waals surface area contributed by atoms with Crippen LogP contribution in [-0.4, -0.2) is 37.9 Å². The average Bonchev–Trinajstić information content (AvgIpc) is 2.55. The zero-order valence-electron chi connectivity index (χ0n) is 9.63. The molecule has 0 radical (unpaired) electrons. The molecule has 2 saturated heterocycles. The van der Waals surface area contributed by atoms with E-state index < -0.39 is 11.0 Å². The van der Waals surface area contributed by atoms with Gasteiger partial charge in [0.05, 0.1) is 13.2 Å². The minimum absolute atomic E-state index is 0.109. The Kier molecular flexibility index (Phi) is 2.51. The van der Waals surface area contributed by atoms with Crippen LogP contribution >= 0.6 is 0 Å². The summed E-state index contributed by atoms with van der Waals surface area (Å²) in [5, 5.41) is 3.25. The summed E-state index contributed by atoms with van der Waals surface area (Å²) in [4.78, 5) is 12.1. The lowest BCUT2D eigenvalue weighted by Gasteiger charge is -2.29. The Morgan fingerprint density at radius 2 is 2.27 bits per heavy atom. The number of hydrogen-bond donors (Lipinski definition) is 1. The van der Waals surface area contributed by atoms with Gasteiger partial charge in [-0.2, -0.15) is 0 Å². The maximum absolute atomic E-state index is 12.1. The number of carbonyl (C=O) groups is 1. The zero-order valence-corrected chi connectivity index (χ0v) is 9.63. The SMILES string of the molecule is CC(C)(C)OC(=O)[C@]12CNC[C@H]1COC2. The number of carbonyl (C=O) groups excluding carboxylic acids is 1. The summed E-state index contributed by atoms with van der Waals surface area (Å²) < 4.78 is 10.9. The second-order valence-electron chi connectivity index (χ2n) is 5.50. The lowest BCUT2D eigenvalue weighted by atomic mass is 9.81. The molecular weight excluding hydrogens is 194 g/mol. The molecule has 2 rings (SSSR count). The van der Waals surface area contributed by atoms with Crippen molar-refractivity contribution in [3.8, 4) is 0 Å². The molecule has 0 aromatic carbocycles. The van der Waals surface area contributed by atoms with Crippen LogP contribution in [0.5, 0.6) is 0 Å². The van der Waals surface area contributed by atoms with Crippen molar-refractivity contribution in [2.75, 3.05) is 26.3 Å². The maximum Gasteiger partial charge on any atom is 0.316 e. The van der Waals surface area contributed by atoms with Crippen LogP contribution in [0, 0.1) is 11.3 Å². The summed E-state index contributed by atoms with van der Waals surface area (Å²) in [6.07, 6.45) is 0. The molecule has 1 N–H and O–H groups in total. The summed E-state index contributed by atoms with van der Waals surface area (Å²) in [7, 11) is 0. The fraction of sp³-hybridized carbons (Fsp3) is 0.909. The molecule has 0 saturated carbocycles. The molecule has 0 amide bonds. The largest absolute Gasteiger partial charge is 0.459 e. The van der Waals surface area contributed by atoms with Crippen LogP contribution in [0.3, 0.4) is 0 Å². The lowest BCUT2D eigenvalue weighted by Crippen LogP contribution is -2.43. The molecule has 0 bridgehead atoms. The van der Waals surface area contributed by atoms with Crippen LogP contribution < -0.4 is 5.32 Å². The maximum atomic E-state index is 12.1. The lowest BCUT2D eigenvalue weighted by molar-refractivity contribution is -0.167. The Morgan fingerprint density at radius 3 is 2.93 bits per heavy atom. The summed E-state index contributed by atoms with van der Waals surface area (Å²) in [5.41, 5.74) is -0.838. The monoisotopic (exact) mass is 213 g/mol. The van der Waals surface area contributed by atoms with Crippen molar-refractivity contribution in [1.29, 1.82) is 0 Å². The van der Waals surface area contributed by atoms with E-state index in [1.165, 1.54) is 0 Å². The first-order valence-corrected chi connectivity index (χ1v) is 5.46. The van der Waals surface area contributed by atoms with Crippen molar-refractivity contribution in [1.82, 2.24) is 5.32 Å². The first-order chi connectivity index (χ1) is 6.94. The molecule has 0 unspecified atom stereocenters. The van der Waals surface area contributed by atoms with Crippen molar-refractivity contribution >= 4 is 5.97 Å². The first kappa shape index (κ1) is 10.9. The van der Waals surface area contributed by atoms with Gasteiger partial charge < -0.3 is 14.8 Å². The number of ether oxygens (including phenoxy) is 2. The predicted molar refractivity (Wildman–Crippen MR) is 55.5 cm³/mol. The quantitative estimate of drug-likeness (QED) is 0.647. The van der Waals surface area contributed by atoms with E-state index in [0.717, 1.165) is 6.54 Å². The Labute approximate surface area is 90.3 Å². The van der Waals surface area contributed by atoms with E-state index in [2.05, 4.69) is 5.32 Å². The molecule has 0 aliphatic carbocycles. The zero-order chi connectivity index (χ0) is 11.1. The molecule has 2 atom stereocenters. The number of fused-ring (bicyclic) bond motifs is 1. The fourth-order valence-electron chi connectivity index (χ4n) is 2.26. The molecule has 4 heteroatoms. The van der Waals surface area contributed by atoms with Crippen molar-refractivity contribution in [3.05, 3.63) is 0 Å². The molecule has 2 aliphatic heterocycles. The second kappa shape index (κ2) is 3.46. The number of rotatable bonds is 1. The number of hydrogen-bond acceptors (Lipinski definition) is 4. The minimum atomic E-state index is -0.423. The molecule has 0 spiro atoms. The third-order valence-electron chi connectivity index (χ3n) is 3.10. The molecule has 2 aliphatic rings. The fourth-order valence-corrected chi connectivity index (χ4v) is 2.26. The molecule has 15 heavy (non-hydrogen) atoms. The predicted octanol–water partition coefficient (Wildman–Crippen LogP) is 0.564. The normalized spacial score (nSPS) is 35.3. The van der Waals surface area contributed by atoms with Crippen LogP contribution in [0.1, 0.15) is 20.8 Å². The highest BCUT2D eigenvalue weighted by Gasteiger charge is 2.54. The van der Waals surface area contributed by atoms with Gasteiger partial charge in [-0.25, -0.2) is 0 Å². The Balaban J connectivity index is 2.11. The summed E-state index contributed by atoms with van der Waals surface area (Å²) >= 11 is 0. The Hall–Kier alpha value is -0.610. The third kappa shape index (κ3) is 1.88.